The molecule has 12 heteroatoms. The number of fused-ring (bicyclic) bond motifs is 1. The van der Waals surface area contributed by atoms with Gasteiger partial charge in [-0.1, -0.05) is 18.2 Å². The van der Waals surface area contributed by atoms with E-state index in [0.29, 0.717) is 31.3 Å². The maximum Gasteiger partial charge on any atom is 0.332 e. The van der Waals surface area contributed by atoms with Crippen molar-refractivity contribution in [2.75, 3.05) is 18.5 Å². The van der Waals surface area contributed by atoms with Gasteiger partial charge >= 0.3 is 5.69 Å². The van der Waals surface area contributed by atoms with E-state index in [4.69, 9.17) is 9.88 Å². The quantitative estimate of drug-likeness (QED) is 0.510. The Morgan fingerprint density at radius 2 is 1.76 bits per heavy atom. The molecule has 0 saturated carbocycles. The minimum absolute atomic E-state index is 0.0245. The van der Waals surface area contributed by atoms with Crippen molar-refractivity contribution < 1.29 is 13.2 Å². The van der Waals surface area contributed by atoms with Crippen LogP contribution in [0.2, 0.25) is 0 Å². The lowest BCUT2D eigenvalue weighted by Crippen LogP contribution is -2.40. The van der Waals surface area contributed by atoms with E-state index < -0.39 is 21.3 Å². The van der Waals surface area contributed by atoms with Gasteiger partial charge in [-0.15, -0.1) is 0 Å². The Kier molecular flexibility index (Phi) is 6.41. The molecule has 3 heterocycles. The summed E-state index contributed by atoms with van der Waals surface area (Å²) in [4.78, 5) is 30.8. The number of sulfonamides is 1. The van der Waals surface area contributed by atoms with Crippen molar-refractivity contribution in [2.24, 2.45) is 5.14 Å². The number of primary sulfonamides is 1. The number of nitrogens with one attached hydrogen (secondary N) is 1. The van der Waals surface area contributed by atoms with Crippen molar-refractivity contribution >= 4 is 27.1 Å². The SMILES string of the molecule is CCn1c(=O)c2c(nc(NC3CCOCC3)n2Cc2ccccc2S(N)(=O)=O)n(CC)c1=O. The van der Waals surface area contributed by atoms with Gasteiger partial charge in [-0.25, -0.2) is 18.4 Å². The molecule has 2 aromatic heterocycles. The van der Waals surface area contributed by atoms with Crippen LogP contribution in [-0.4, -0.2) is 46.4 Å². The topological polar surface area (TPSA) is 143 Å². The van der Waals surface area contributed by atoms with Gasteiger partial charge in [0.25, 0.3) is 5.56 Å². The minimum atomic E-state index is -3.98. The van der Waals surface area contributed by atoms with E-state index in [1.54, 1.807) is 29.7 Å². The van der Waals surface area contributed by atoms with Crippen LogP contribution in [0, 0.1) is 0 Å². The van der Waals surface area contributed by atoms with Gasteiger partial charge in [0.15, 0.2) is 11.2 Å². The molecule has 1 aliphatic rings. The fourth-order valence-corrected chi connectivity index (χ4v) is 4.99. The molecule has 3 N–H and O–H groups in total. The van der Waals surface area contributed by atoms with E-state index in [1.807, 2.05) is 6.92 Å². The molecule has 178 valence electrons. The van der Waals surface area contributed by atoms with Gasteiger partial charge in [-0.05, 0) is 38.3 Å². The zero-order valence-corrected chi connectivity index (χ0v) is 19.5. The first-order valence-electron chi connectivity index (χ1n) is 10.9. The van der Waals surface area contributed by atoms with Crippen LogP contribution in [0.5, 0.6) is 0 Å². The third kappa shape index (κ3) is 4.33. The van der Waals surface area contributed by atoms with Gasteiger partial charge < -0.3 is 10.1 Å². The highest BCUT2D eigenvalue weighted by Gasteiger charge is 2.24. The van der Waals surface area contributed by atoms with Crippen molar-refractivity contribution in [3.05, 3.63) is 50.7 Å². The van der Waals surface area contributed by atoms with Gasteiger partial charge in [0, 0.05) is 32.3 Å². The van der Waals surface area contributed by atoms with Crippen LogP contribution in [0.15, 0.2) is 38.8 Å². The van der Waals surface area contributed by atoms with Crippen molar-refractivity contribution in [3.63, 3.8) is 0 Å². The molecule has 1 fully saturated rings. The molecule has 3 aromatic rings. The predicted octanol–water partition coefficient (Wildman–Crippen LogP) is 0.686. The molecule has 0 atom stereocenters. The number of hydrogen-bond acceptors (Lipinski definition) is 7. The first kappa shape index (κ1) is 23.2. The molecule has 4 rings (SSSR count). The van der Waals surface area contributed by atoms with Crippen LogP contribution >= 0.6 is 0 Å². The van der Waals surface area contributed by atoms with Crippen LogP contribution in [-0.2, 0) is 34.4 Å². The number of nitrogens with zero attached hydrogens (tertiary/aromatic N) is 4. The first-order chi connectivity index (χ1) is 15.8. The van der Waals surface area contributed by atoms with Gasteiger partial charge in [0.1, 0.15) is 0 Å². The Morgan fingerprint density at radius 1 is 1.09 bits per heavy atom. The summed E-state index contributed by atoms with van der Waals surface area (Å²) in [5.74, 6) is 0.397. The second kappa shape index (κ2) is 9.12. The van der Waals surface area contributed by atoms with E-state index in [-0.39, 0.29) is 35.2 Å². The summed E-state index contributed by atoms with van der Waals surface area (Å²) >= 11 is 0. The second-order valence-corrected chi connectivity index (χ2v) is 9.48. The number of rotatable bonds is 7. The maximum atomic E-state index is 13.3. The van der Waals surface area contributed by atoms with Crippen LogP contribution in [0.25, 0.3) is 11.2 Å². The highest BCUT2D eigenvalue weighted by molar-refractivity contribution is 7.89. The predicted molar refractivity (Wildman–Crippen MR) is 124 cm³/mol. The summed E-state index contributed by atoms with van der Waals surface area (Å²) < 4.78 is 34.0. The van der Waals surface area contributed by atoms with Crippen LogP contribution in [0.1, 0.15) is 32.3 Å². The summed E-state index contributed by atoms with van der Waals surface area (Å²) in [6.45, 7) is 5.32. The standard InChI is InChI=1S/C21H28N6O5S/c1-3-25-18-17(19(28)26(4-2)21(25)29)27(20(24-18)23-15-9-11-32-12-10-15)13-14-7-5-6-8-16(14)33(22,30)31/h5-8,15H,3-4,9-13H2,1-2H3,(H,23,24)(H2,22,30,31). The highest BCUT2D eigenvalue weighted by Crippen LogP contribution is 2.23. The van der Waals surface area contributed by atoms with E-state index in [0.717, 1.165) is 17.4 Å². The Morgan fingerprint density at radius 3 is 2.39 bits per heavy atom. The van der Waals surface area contributed by atoms with Gasteiger partial charge in [0.05, 0.1) is 11.4 Å². The van der Waals surface area contributed by atoms with Crippen molar-refractivity contribution in [3.8, 4) is 0 Å². The smallest absolute Gasteiger partial charge is 0.332 e. The molecule has 1 aliphatic heterocycles. The summed E-state index contributed by atoms with van der Waals surface area (Å²) in [6.07, 6.45) is 1.52. The molecule has 33 heavy (non-hydrogen) atoms. The fourth-order valence-electron chi connectivity index (χ4n) is 4.23. The summed E-state index contributed by atoms with van der Waals surface area (Å²) in [5, 5.41) is 8.81. The molecule has 0 bridgehead atoms. The van der Waals surface area contributed by atoms with Crippen molar-refractivity contribution in [2.45, 2.75) is 57.3 Å². The lowest BCUT2D eigenvalue weighted by Gasteiger charge is -2.24. The molecule has 0 aliphatic carbocycles. The average Bonchev–Trinajstić information content (AvgIpc) is 3.12. The van der Waals surface area contributed by atoms with E-state index >= 15 is 0 Å². The summed E-state index contributed by atoms with van der Waals surface area (Å²) in [7, 11) is -3.98. The van der Waals surface area contributed by atoms with Crippen LogP contribution in [0.3, 0.4) is 0 Å². The molecule has 1 aromatic carbocycles. The number of aromatic nitrogens is 4. The lowest BCUT2D eigenvalue weighted by molar-refractivity contribution is 0.0902. The number of hydrogen-bond donors (Lipinski definition) is 2. The van der Waals surface area contributed by atoms with Crippen LogP contribution in [0.4, 0.5) is 5.95 Å². The molecule has 0 amide bonds. The molecule has 0 spiro atoms. The van der Waals surface area contributed by atoms with Crippen molar-refractivity contribution in [1.29, 1.82) is 0 Å². The normalized spacial score (nSPS) is 15.2. The van der Waals surface area contributed by atoms with E-state index in [9.17, 15) is 18.0 Å². The Hall–Kier alpha value is -2.96. The number of imidazole rings is 1. The summed E-state index contributed by atoms with van der Waals surface area (Å²) in [6, 6.07) is 6.45. The molecule has 1 saturated heterocycles. The largest absolute Gasteiger partial charge is 0.381 e. The van der Waals surface area contributed by atoms with Crippen LogP contribution < -0.4 is 21.7 Å². The number of benzene rings is 1. The Labute approximate surface area is 190 Å². The maximum absolute atomic E-state index is 13.3. The number of anilines is 1. The monoisotopic (exact) mass is 476 g/mol. The zero-order chi connectivity index (χ0) is 23.8. The van der Waals surface area contributed by atoms with Crippen molar-refractivity contribution in [1.82, 2.24) is 18.7 Å². The number of ether oxygens (including phenoxy) is 1. The Balaban J connectivity index is 1.97. The average molecular weight is 477 g/mol. The second-order valence-electron chi connectivity index (χ2n) is 7.95. The third-order valence-corrected chi connectivity index (χ3v) is 6.92. The fraction of sp³-hybridized carbons (Fsp3) is 0.476. The minimum Gasteiger partial charge on any atom is -0.381 e. The number of nitrogens with two attached hydrogens (primary N) is 1. The van der Waals surface area contributed by atoms with E-state index in [1.165, 1.54) is 10.6 Å². The van der Waals surface area contributed by atoms with Gasteiger partial charge in [-0.3, -0.25) is 18.5 Å². The Bertz CT molecular complexity index is 1400. The zero-order valence-electron chi connectivity index (χ0n) is 18.7. The van der Waals surface area contributed by atoms with E-state index in [2.05, 4.69) is 10.3 Å². The third-order valence-electron chi connectivity index (χ3n) is 5.91. The molecule has 11 nitrogen and oxygen atoms in total. The molecule has 0 radical (unpaired) electrons. The molecular formula is C21H28N6O5S. The molecular weight excluding hydrogens is 448 g/mol. The van der Waals surface area contributed by atoms with Gasteiger partial charge in [0.2, 0.25) is 16.0 Å². The number of aryl methyl sites for hydroxylation is 1. The summed E-state index contributed by atoms with van der Waals surface area (Å²) in [5.41, 5.74) is 0.0236. The first-order valence-corrected chi connectivity index (χ1v) is 12.5. The highest BCUT2D eigenvalue weighted by atomic mass is 32.2. The lowest BCUT2D eigenvalue weighted by atomic mass is 10.1. The van der Waals surface area contributed by atoms with Gasteiger partial charge in [-0.2, -0.15) is 4.98 Å². The molecule has 0 unspecified atom stereocenters.